The molecular formula is C24H29ClN4O3. The number of methoxy groups -OCH3 is 1. The Balaban J connectivity index is 1.28. The van der Waals surface area contributed by atoms with E-state index in [0.29, 0.717) is 35.2 Å². The van der Waals surface area contributed by atoms with E-state index in [9.17, 15) is 4.79 Å². The van der Waals surface area contributed by atoms with Crippen molar-refractivity contribution in [3.05, 3.63) is 60.0 Å². The molecule has 0 bridgehead atoms. The highest BCUT2D eigenvalue weighted by molar-refractivity contribution is 6.19. The van der Waals surface area contributed by atoms with Crippen molar-refractivity contribution < 1.29 is 14.3 Å². The van der Waals surface area contributed by atoms with Crippen molar-refractivity contribution in [1.82, 2.24) is 19.8 Å². The summed E-state index contributed by atoms with van der Waals surface area (Å²) in [6.45, 7) is 3.73. The van der Waals surface area contributed by atoms with Crippen LogP contribution in [0.3, 0.4) is 0 Å². The number of hydrogen-bond donors (Lipinski definition) is 0. The fourth-order valence-electron chi connectivity index (χ4n) is 4.27. The summed E-state index contributed by atoms with van der Waals surface area (Å²) in [5.41, 5.74) is 1.17. The molecule has 0 saturated carbocycles. The molecule has 0 unspecified atom stereocenters. The average Bonchev–Trinajstić information content (AvgIpc) is 2.98. The molecule has 1 aromatic carbocycles. The van der Waals surface area contributed by atoms with Crippen LogP contribution in [0.5, 0.6) is 11.5 Å². The highest BCUT2D eigenvalue weighted by atomic mass is 35.5. The summed E-state index contributed by atoms with van der Waals surface area (Å²) in [7, 11) is 1.58. The largest absolute Gasteiger partial charge is 0.497 e. The van der Waals surface area contributed by atoms with E-state index in [1.54, 1.807) is 36.5 Å². The predicted molar refractivity (Wildman–Crippen MR) is 123 cm³/mol. The first-order chi connectivity index (χ1) is 15.7. The number of rotatable bonds is 8. The highest BCUT2D eigenvalue weighted by Crippen LogP contribution is 2.30. The summed E-state index contributed by atoms with van der Waals surface area (Å²) in [6.07, 6.45) is 9.30. The molecule has 2 aliphatic heterocycles. The number of likely N-dealkylation sites (tertiary alicyclic amines) is 1. The molecule has 1 amide bonds. The Bertz CT molecular complexity index is 946. The van der Waals surface area contributed by atoms with Gasteiger partial charge in [0, 0.05) is 24.9 Å². The lowest BCUT2D eigenvalue weighted by Gasteiger charge is -2.31. The number of unbranched alkanes of at least 4 members (excludes halogenated alkanes) is 1. The molecule has 1 fully saturated rings. The van der Waals surface area contributed by atoms with E-state index in [0.717, 1.165) is 51.1 Å². The molecule has 170 valence electrons. The smallest absolute Gasteiger partial charge is 0.262 e. The van der Waals surface area contributed by atoms with Gasteiger partial charge in [-0.1, -0.05) is 0 Å². The molecule has 1 aromatic heterocycles. The molecule has 8 heteroatoms. The SMILES string of the molecule is COc1ccc2c(c1)C(=O)N(CCCCN1CCC(c3ncccn3)CC1)C(CCl)=CO2. The molecule has 0 N–H and O–H groups in total. The summed E-state index contributed by atoms with van der Waals surface area (Å²) in [4.78, 5) is 26.3. The Labute approximate surface area is 194 Å². The zero-order chi connectivity index (χ0) is 22.3. The second kappa shape index (κ2) is 10.8. The van der Waals surface area contributed by atoms with Gasteiger partial charge >= 0.3 is 0 Å². The molecule has 3 heterocycles. The summed E-state index contributed by atoms with van der Waals surface area (Å²) in [5, 5.41) is 0. The van der Waals surface area contributed by atoms with E-state index in [1.807, 2.05) is 18.5 Å². The van der Waals surface area contributed by atoms with Gasteiger partial charge in [0.05, 0.1) is 24.3 Å². The minimum absolute atomic E-state index is 0.105. The number of carbonyl (C=O) groups is 1. The lowest BCUT2D eigenvalue weighted by atomic mass is 9.96. The highest BCUT2D eigenvalue weighted by Gasteiger charge is 2.27. The van der Waals surface area contributed by atoms with Crippen LogP contribution in [0, 0.1) is 0 Å². The summed E-state index contributed by atoms with van der Waals surface area (Å²) in [6, 6.07) is 7.11. The third-order valence-electron chi connectivity index (χ3n) is 6.11. The van der Waals surface area contributed by atoms with E-state index >= 15 is 0 Å². The standard InChI is InChI=1S/C24H29ClN4O3/c1-31-20-5-6-22-21(15-20)24(30)29(19(16-25)17-32-22)12-3-2-11-28-13-7-18(8-14-28)23-26-9-4-10-27-23/h4-6,9-10,15,17-18H,2-3,7-8,11-14,16H2,1H3. The molecular weight excluding hydrogens is 428 g/mol. The van der Waals surface area contributed by atoms with E-state index in [-0.39, 0.29) is 11.8 Å². The van der Waals surface area contributed by atoms with Gasteiger partial charge in [0.15, 0.2) is 0 Å². The quantitative estimate of drug-likeness (QED) is 0.440. The van der Waals surface area contributed by atoms with Crippen LogP contribution in [0.4, 0.5) is 0 Å². The number of halogens is 1. The Morgan fingerprint density at radius 1 is 1.16 bits per heavy atom. The number of nitrogens with zero attached hydrogens (tertiary/aromatic N) is 4. The lowest BCUT2D eigenvalue weighted by Crippen LogP contribution is -2.35. The summed E-state index contributed by atoms with van der Waals surface area (Å²) in [5.74, 6) is 2.67. The van der Waals surface area contributed by atoms with Gasteiger partial charge in [-0.05, 0) is 69.6 Å². The van der Waals surface area contributed by atoms with Gasteiger partial charge in [0.25, 0.3) is 5.91 Å². The van der Waals surface area contributed by atoms with Crippen LogP contribution in [-0.4, -0.2) is 64.8 Å². The molecule has 0 radical (unpaired) electrons. The number of benzene rings is 1. The molecule has 0 atom stereocenters. The van der Waals surface area contributed by atoms with Crippen LogP contribution in [0.1, 0.15) is 47.8 Å². The number of aromatic nitrogens is 2. The van der Waals surface area contributed by atoms with Crippen LogP contribution < -0.4 is 9.47 Å². The first kappa shape index (κ1) is 22.6. The van der Waals surface area contributed by atoms with E-state index in [1.165, 1.54) is 0 Å². The average molecular weight is 457 g/mol. The van der Waals surface area contributed by atoms with Gasteiger partial charge in [0.1, 0.15) is 23.6 Å². The minimum atomic E-state index is -0.105. The molecule has 0 aliphatic carbocycles. The van der Waals surface area contributed by atoms with Gasteiger partial charge < -0.3 is 19.3 Å². The fraction of sp³-hybridized carbons (Fsp3) is 0.458. The minimum Gasteiger partial charge on any atom is -0.497 e. The Morgan fingerprint density at radius 2 is 1.91 bits per heavy atom. The zero-order valence-electron chi connectivity index (χ0n) is 18.4. The number of allylic oxidation sites excluding steroid dienone is 1. The monoisotopic (exact) mass is 456 g/mol. The van der Waals surface area contributed by atoms with Crippen molar-refractivity contribution in [2.75, 3.05) is 39.2 Å². The summed E-state index contributed by atoms with van der Waals surface area (Å²) < 4.78 is 11.0. The second-order valence-electron chi connectivity index (χ2n) is 8.11. The Morgan fingerprint density at radius 3 is 2.62 bits per heavy atom. The number of ether oxygens (including phenoxy) is 2. The maximum atomic E-state index is 13.2. The fourth-order valence-corrected chi connectivity index (χ4v) is 4.47. The topological polar surface area (TPSA) is 67.8 Å². The third kappa shape index (κ3) is 5.22. The number of carbonyl (C=O) groups excluding carboxylic acids is 1. The summed E-state index contributed by atoms with van der Waals surface area (Å²) >= 11 is 6.13. The van der Waals surface area contributed by atoms with Crippen molar-refractivity contribution in [3.8, 4) is 11.5 Å². The number of amides is 1. The molecule has 2 aliphatic rings. The number of alkyl halides is 1. The first-order valence-electron chi connectivity index (χ1n) is 11.1. The number of piperidine rings is 1. The van der Waals surface area contributed by atoms with Crippen molar-refractivity contribution in [2.45, 2.75) is 31.6 Å². The molecule has 32 heavy (non-hydrogen) atoms. The van der Waals surface area contributed by atoms with Crippen LogP contribution in [0.2, 0.25) is 0 Å². The Kier molecular flexibility index (Phi) is 7.60. The van der Waals surface area contributed by atoms with Gasteiger partial charge in [-0.2, -0.15) is 0 Å². The van der Waals surface area contributed by atoms with Gasteiger partial charge in [-0.15, -0.1) is 11.6 Å². The van der Waals surface area contributed by atoms with Crippen LogP contribution in [-0.2, 0) is 0 Å². The number of fused-ring (bicyclic) bond motifs is 1. The van der Waals surface area contributed by atoms with Crippen molar-refractivity contribution in [3.63, 3.8) is 0 Å². The Hall–Kier alpha value is -2.64. The van der Waals surface area contributed by atoms with Crippen LogP contribution in [0.25, 0.3) is 0 Å². The zero-order valence-corrected chi connectivity index (χ0v) is 19.1. The molecule has 7 nitrogen and oxygen atoms in total. The van der Waals surface area contributed by atoms with E-state index in [2.05, 4.69) is 14.9 Å². The van der Waals surface area contributed by atoms with Gasteiger partial charge in [0.2, 0.25) is 0 Å². The molecule has 2 aromatic rings. The molecule has 4 rings (SSSR count). The molecule has 0 spiro atoms. The van der Waals surface area contributed by atoms with Crippen molar-refractivity contribution in [2.24, 2.45) is 0 Å². The maximum absolute atomic E-state index is 13.2. The maximum Gasteiger partial charge on any atom is 0.262 e. The molecule has 1 saturated heterocycles. The number of hydrogen-bond acceptors (Lipinski definition) is 6. The van der Waals surface area contributed by atoms with Crippen LogP contribution >= 0.6 is 11.6 Å². The predicted octanol–water partition coefficient (Wildman–Crippen LogP) is 4.06. The van der Waals surface area contributed by atoms with Crippen LogP contribution in [0.15, 0.2) is 48.6 Å². The van der Waals surface area contributed by atoms with Gasteiger partial charge in [-0.25, -0.2) is 9.97 Å². The van der Waals surface area contributed by atoms with Crippen molar-refractivity contribution >= 4 is 17.5 Å². The normalized spacial score (nSPS) is 17.4. The van der Waals surface area contributed by atoms with Crippen molar-refractivity contribution in [1.29, 1.82) is 0 Å². The third-order valence-corrected chi connectivity index (χ3v) is 6.39. The lowest BCUT2D eigenvalue weighted by molar-refractivity contribution is 0.0804. The first-order valence-corrected chi connectivity index (χ1v) is 11.6. The second-order valence-corrected chi connectivity index (χ2v) is 8.38. The van der Waals surface area contributed by atoms with E-state index < -0.39 is 0 Å². The van der Waals surface area contributed by atoms with Gasteiger partial charge in [-0.3, -0.25) is 4.79 Å². The van der Waals surface area contributed by atoms with E-state index in [4.69, 9.17) is 21.1 Å².